The molecule has 0 aromatic heterocycles. The second-order valence-corrected chi connectivity index (χ2v) is 8.18. The zero-order valence-corrected chi connectivity index (χ0v) is 16.6. The monoisotopic (exact) mass is 396 g/mol. The van der Waals surface area contributed by atoms with E-state index in [9.17, 15) is 13.2 Å². The number of benzene rings is 2. The molecule has 8 heteroatoms. The molecule has 2 aromatic carbocycles. The minimum absolute atomic E-state index is 0.255. The highest BCUT2D eigenvalue weighted by Gasteiger charge is 2.29. The quantitative estimate of drug-likeness (QED) is 0.811. The second kappa shape index (κ2) is 7.97. The first-order valence-electron chi connectivity index (χ1n) is 7.84. The Kier molecular flexibility index (Phi) is 6.15. The molecule has 0 unspecified atom stereocenters. The van der Waals surface area contributed by atoms with Crippen molar-refractivity contribution in [3.8, 4) is 5.75 Å². The zero-order valence-electron chi connectivity index (χ0n) is 15.0. The third kappa shape index (κ3) is 4.68. The molecular formula is C18H21ClN2O4S. The van der Waals surface area contributed by atoms with E-state index in [-0.39, 0.29) is 10.7 Å². The van der Waals surface area contributed by atoms with Crippen molar-refractivity contribution < 1.29 is 17.9 Å². The maximum Gasteiger partial charge on any atom is 0.247 e. The first-order valence-corrected chi connectivity index (χ1v) is 10.1. The summed E-state index contributed by atoms with van der Waals surface area (Å²) < 4.78 is 30.8. The van der Waals surface area contributed by atoms with Gasteiger partial charge in [-0.05, 0) is 49.7 Å². The zero-order chi connectivity index (χ0) is 19.5. The maximum atomic E-state index is 12.6. The van der Waals surface area contributed by atoms with Gasteiger partial charge in [0.1, 0.15) is 11.8 Å². The molecule has 1 atom stereocenters. The molecule has 0 fully saturated rings. The Morgan fingerprint density at radius 2 is 1.92 bits per heavy atom. The molecule has 0 radical (unpaired) electrons. The van der Waals surface area contributed by atoms with E-state index < -0.39 is 22.0 Å². The average Bonchev–Trinajstić information content (AvgIpc) is 2.53. The van der Waals surface area contributed by atoms with E-state index >= 15 is 0 Å². The number of carbonyl (C=O) groups excluding carboxylic acids is 1. The second-order valence-electron chi connectivity index (χ2n) is 5.91. The summed E-state index contributed by atoms with van der Waals surface area (Å²) in [7, 11) is -2.26. The SMILES string of the molecule is COc1ccc(N([C@H](C)C(=O)Nc2cccc(C)c2)S(C)(=O)=O)cc1Cl. The number of nitrogens with one attached hydrogen (secondary N) is 1. The van der Waals surface area contributed by atoms with Gasteiger partial charge in [-0.25, -0.2) is 8.42 Å². The van der Waals surface area contributed by atoms with Gasteiger partial charge in [0.05, 0.1) is 24.1 Å². The van der Waals surface area contributed by atoms with E-state index in [1.807, 2.05) is 19.1 Å². The van der Waals surface area contributed by atoms with Crippen molar-refractivity contribution in [3.05, 3.63) is 53.1 Å². The van der Waals surface area contributed by atoms with Crippen LogP contribution in [0.5, 0.6) is 5.75 Å². The summed E-state index contributed by atoms with van der Waals surface area (Å²) in [6, 6.07) is 10.8. The van der Waals surface area contributed by atoms with E-state index in [0.717, 1.165) is 16.1 Å². The molecule has 0 spiro atoms. The van der Waals surface area contributed by atoms with Gasteiger partial charge in [0, 0.05) is 5.69 Å². The Labute approximate surface area is 158 Å². The number of halogens is 1. The largest absolute Gasteiger partial charge is 0.495 e. The molecule has 0 heterocycles. The number of sulfonamides is 1. The fourth-order valence-corrected chi connectivity index (χ4v) is 3.99. The van der Waals surface area contributed by atoms with Crippen molar-refractivity contribution in [2.75, 3.05) is 23.0 Å². The third-order valence-electron chi connectivity index (χ3n) is 3.76. The third-order valence-corrected chi connectivity index (χ3v) is 5.30. The van der Waals surface area contributed by atoms with Crippen molar-refractivity contribution in [1.29, 1.82) is 0 Å². The number of methoxy groups -OCH3 is 1. The molecule has 1 N–H and O–H groups in total. The predicted octanol–water partition coefficient (Wildman–Crippen LogP) is 3.45. The summed E-state index contributed by atoms with van der Waals surface area (Å²) in [6.45, 7) is 3.42. The first kappa shape index (κ1) is 20.1. The molecule has 26 heavy (non-hydrogen) atoms. The van der Waals surface area contributed by atoms with Crippen LogP contribution in [0.4, 0.5) is 11.4 Å². The van der Waals surface area contributed by atoms with Crippen LogP contribution in [0.3, 0.4) is 0 Å². The molecule has 0 bridgehead atoms. The van der Waals surface area contributed by atoms with Crippen LogP contribution in [0, 0.1) is 6.92 Å². The Balaban J connectivity index is 2.34. The van der Waals surface area contributed by atoms with Crippen molar-refractivity contribution >= 4 is 38.9 Å². The van der Waals surface area contributed by atoms with Crippen molar-refractivity contribution in [1.82, 2.24) is 0 Å². The van der Waals surface area contributed by atoms with E-state index in [1.54, 1.807) is 24.3 Å². The molecule has 0 saturated heterocycles. The molecule has 6 nitrogen and oxygen atoms in total. The summed E-state index contributed by atoms with van der Waals surface area (Å²) >= 11 is 6.11. The van der Waals surface area contributed by atoms with Crippen LogP contribution in [0.1, 0.15) is 12.5 Å². The van der Waals surface area contributed by atoms with E-state index in [1.165, 1.54) is 20.1 Å². The van der Waals surface area contributed by atoms with E-state index in [0.29, 0.717) is 11.4 Å². The summed E-state index contributed by atoms with van der Waals surface area (Å²) in [5, 5.41) is 2.99. The Hall–Kier alpha value is -2.25. The lowest BCUT2D eigenvalue weighted by Crippen LogP contribution is -2.45. The lowest BCUT2D eigenvalue weighted by Gasteiger charge is -2.28. The van der Waals surface area contributed by atoms with Gasteiger partial charge < -0.3 is 10.1 Å². The molecule has 0 aliphatic heterocycles. The van der Waals surface area contributed by atoms with Gasteiger partial charge in [0.15, 0.2) is 0 Å². The van der Waals surface area contributed by atoms with E-state index in [4.69, 9.17) is 16.3 Å². The fourth-order valence-electron chi connectivity index (χ4n) is 2.57. The normalized spacial score (nSPS) is 12.3. The topological polar surface area (TPSA) is 75.7 Å². The Morgan fingerprint density at radius 3 is 2.46 bits per heavy atom. The van der Waals surface area contributed by atoms with Crippen molar-refractivity contribution in [3.63, 3.8) is 0 Å². The van der Waals surface area contributed by atoms with Gasteiger partial charge in [-0.15, -0.1) is 0 Å². The van der Waals surface area contributed by atoms with Crippen LogP contribution in [0.2, 0.25) is 5.02 Å². The standard InChI is InChI=1S/C18H21ClN2O4S/c1-12-6-5-7-14(10-12)20-18(22)13(2)21(26(4,23)24)15-8-9-17(25-3)16(19)11-15/h5-11,13H,1-4H3,(H,20,22)/t13-/m1/s1. The van der Waals surface area contributed by atoms with Gasteiger partial charge in [-0.3, -0.25) is 9.10 Å². The number of aryl methyl sites for hydroxylation is 1. The van der Waals surface area contributed by atoms with Crippen molar-refractivity contribution in [2.45, 2.75) is 19.9 Å². The minimum atomic E-state index is -3.73. The Morgan fingerprint density at radius 1 is 1.23 bits per heavy atom. The summed E-state index contributed by atoms with van der Waals surface area (Å²) in [5.74, 6) is -0.0336. The number of hydrogen-bond acceptors (Lipinski definition) is 4. The molecule has 2 aromatic rings. The molecular weight excluding hydrogens is 376 g/mol. The van der Waals surface area contributed by atoms with Crippen molar-refractivity contribution in [2.24, 2.45) is 0 Å². The Bertz CT molecular complexity index is 915. The minimum Gasteiger partial charge on any atom is -0.495 e. The van der Waals surface area contributed by atoms with Crippen LogP contribution in [-0.4, -0.2) is 33.7 Å². The number of anilines is 2. The summed E-state index contributed by atoms with van der Waals surface area (Å²) in [4.78, 5) is 12.6. The highest BCUT2D eigenvalue weighted by molar-refractivity contribution is 7.92. The molecule has 0 saturated carbocycles. The first-order chi connectivity index (χ1) is 12.1. The number of nitrogens with zero attached hydrogens (tertiary/aromatic N) is 1. The lowest BCUT2D eigenvalue weighted by molar-refractivity contribution is -0.116. The number of hydrogen-bond donors (Lipinski definition) is 1. The predicted molar refractivity (Wildman–Crippen MR) is 105 cm³/mol. The number of amides is 1. The molecule has 140 valence electrons. The number of ether oxygens (including phenoxy) is 1. The van der Waals surface area contributed by atoms with Gasteiger partial charge in [-0.2, -0.15) is 0 Å². The van der Waals surface area contributed by atoms with Crippen LogP contribution in [0.15, 0.2) is 42.5 Å². The summed E-state index contributed by atoms with van der Waals surface area (Å²) in [6.07, 6.45) is 1.04. The van der Waals surface area contributed by atoms with E-state index in [2.05, 4.69) is 5.32 Å². The van der Waals surface area contributed by atoms with Crippen LogP contribution >= 0.6 is 11.6 Å². The van der Waals surface area contributed by atoms with Crippen LogP contribution in [0.25, 0.3) is 0 Å². The molecule has 1 amide bonds. The number of carbonyl (C=O) groups is 1. The highest BCUT2D eigenvalue weighted by Crippen LogP contribution is 2.31. The summed E-state index contributed by atoms with van der Waals surface area (Å²) in [5.41, 5.74) is 1.87. The van der Waals surface area contributed by atoms with Gasteiger partial charge in [0.2, 0.25) is 15.9 Å². The molecule has 2 rings (SSSR count). The van der Waals surface area contributed by atoms with Crippen LogP contribution < -0.4 is 14.4 Å². The van der Waals surface area contributed by atoms with Gasteiger partial charge >= 0.3 is 0 Å². The van der Waals surface area contributed by atoms with Gasteiger partial charge in [-0.1, -0.05) is 23.7 Å². The highest BCUT2D eigenvalue weighted by atomic mass is 35.5. The van der Waals surface area contributed by atoms with Crippen LogP contribution in [-0.2, 0) is 14.8 Å². The number of rotatable bonds is 6. The lowest BCUT2D eigenvalue weighted by atomic mass is 10.2. The molecule has 0 aliphatic rings. The average molecular weight is 397 g/mol. The molecule has 0 aliphatic carbocycles. The maximum absolute atomic E-state index is 12.6. The smallest absolute Gasteiger partial charge is 0.247 e. The fraction of sp³-hybridized carbons (Fsp3) is 0.278. The van der Waals surface area contributed by atoms with Gasteiger partial charge in [0.25, 0.3) is 0 Å².